The van der Waals surface area contributed by atoms with Crippen LogP contribution in [0.3, 0.4) is 0 Å². The lowest BCUT2D eigenvalue weighted by Crippen LogP contribution is -2.17. The van der Waals surface area contributed by atoms with Gasteiger partial charge in [-0.3, -0.25) is 0 Å². The average Bonchev–Trinajstić information content (AvgIpc) is 2.40. The van der Waals surface area contributed by atoms with Crippen LogP contribution in [0.15, 0.2) is 24.3 Å². The van der Waals surface area contributed by atoms with Gasteiger partial charge in [0.15, 0.2) is 0 Å². The Morgan fingerprint density at radius 3 is 2.17 bits per heavy atom. The number of ether oxygens (including phenoxy) is 1. The van der Waals surface area contributed by atoms with Gasteiger partial charge in [0.1, 0.15) is 5.75 Å². The maximum atomic E-state index is 5.50. The van der Waals surface area contributed by atoms with Gasteiger partial charge in [-0.1, -0.05) is 26.0 Å². The van der Waals surface area contributed by atoms with Crippen molar-refractivity contribution in [2.75, 3.05) is 6.61 Å². The van der Waals surface area contributed by atoms with Crippen molar-refractivity contribution in [1.82, 2.24) is 0 Å². The molecule has 0 saturated heterocycles. The molecule has 0 aromatic heterocycles. The molecule has 0 spiro atoms. The first-order valence-electron chi connectivity index (χ1n) is 7.43. The van der Waals surface area contributed by atoms with Crippen molar-refractivity contribution < 1.29 is 4.74 Å². The Labute approximate surface area is 112 Å². The summed E-state index contributed by atoms with van der Waals surface area (Å²) in [5, 5.41) is 0. The van der Waals surface area contributed by atoms with Crippen LogP contribution in [0, 0.1) is 11.8 Å². The van der Waals surface area contributed by atoms with E-state index >= 15 is 0 Å². The van der Waals surface area contributed by atoms with Gasteiger partial charge in [0.25, 0.3) is 0 Å². The molecule has 0 amide bonds. The van der Waals surface area contributed by atoms with E-state index in [1.807, 2.05) is 6.92 Å². The Kier molecular flexibility index (Phi) is 4.68. The Morgan fingerprint density at radius 2 is 1.67 bits per heavy atom. The third kappa shape index (κ3) is 3.28. The number of rotatable bonds is 4. The van der Waals surface area contributed by atoms with Crippen molar-refractivity contribution in [1.29, 1.82) is 0 Å². The van der Waals surface area contributed by atoms with Gasteiger partial charge in [-0.2, -0.15) is 0 Å². The maximum Gasteiger partial charge on any atom is 0.119 e. The van der Waals surface area contributed by atoms with Crippen LogP contribution in [0.1, 0.15) is 57.9 Å². The van der Waals surface area contributed by atoms with Crippen LogP contribution in [0.4, 0.5) is 0 Å². The standard InChI is InChI=1S/C17H26O/c1-4-18-17-11-9-16(10-12-17)15-7-5-14(6-8-15)13(2)3/h9-15H,4-8H2,1-3H3. The van der Waals surface area contributed by atoms with Gasteiger partial charge in [-0.05, 0) is 68.1 Å². The molecule has 0 aliphatic heterocycles. The van der Waals surface area contributed by atoms with Gasteiger partial charge in [-0.25, -0.2) is 0 Å². The Bertz CT molecular complexity index is 344. The van der Waals surface area contributed by atoms with E-state index < -0.39 is 0 Å². The van der Waals surface area contributed by atoms with Crippen molar-refractivity contribution in [3.05, 3.63) is 29.8 Å². The average molecular weight is 246 g/mol. The summed E-state index contributed by atoms with van der Waals surface area (Å²) in [6, 6.07) is 8.75. The third-order valence-electron chi connectivity index (χ3n) is 4.38. The van der Waals surface area contributed by atoms with Crippen LogP contribution in [0.5, 0.6) is 5.75 Å². The van der Waals surface area contributed by atoms with E-state index in [9.17, 15) is 0 Å². The highest BCUT2D eigenvalue weighted by atomic mass is 16.5. The van der Waals surface area contributed by atoms with Gasteiger partial charge in [0.2, 0.25) is 0 Å². The van der Waals surface area contributed by atoms with E-state index in [0.717, 1.165) is 30.1 Å². The molecule has 1 heteroatoms. The monoisotopic (exact) mass is 246 g/mol. The lowest BCUT2D eigenvalue weighted by molar-refractivity contribution is 0.259. The minimum Gasteiger partial charge on any atom is -0.494 e. The van der Waals surface area contributed by atoms with Crippen LogP contribution in [0.25, 0.3) is 0 Å². The second-order valence-corrected chi connectivity index (χ2v) is 5.86. The van der Waals surface area contributed by atoms with Crippen LogP contribution < -0.4 is 4.74 Å². The number of benzene rings is 1. The molecule has 1 aromatic rings. The Morgan fingerprint density at radius 1 is 1.06 bits per heavy atom. The predicted molar refractivity (Wildman–Crippen MR) is 77.1 cm³/mol. The first-order valence-corrected chi connectivity index (χ1v) is 7.43. The fraction of sp³-hybridized carbons (Fsp3) is 0.647. The summed E-state index contributed by atoms with van der Waals surface area (Å²) in [5.41, 5.74) is 1.50. The lowest BCUT2D eigenvalue weighted by Gasteiger charge is -2.31. The van der Waals surface area contributed by atoms with Gasteiger partial charge in [-0.15, -0.1) is 0 Å². The van der Waals surface area contributed by atoms with E-state index in [1.54, 1.807) is 0 Å². The van der Waals surface area contributed by atoms with Crippen molar-refractivity contribution in [2.45, 2.75) is 52.4 Å². The molecule has 1 aliphatic carbocycles. The number of hydrogen-bond donors (Lipinski definition) is 0. The van der Waals surface area contributed by atoms with Crippen LogP contribution in [0.2, 0.25) is 0 Å². The normalized spacial score (nSPS) is 24.2. The molecule has 100 valence electrons. The topological polar surface area (TPSA) is 9.23 Å². The molecule has 1 aromatic carbocycles. The van der Waals surface area contributed by atoms with Crippen LogP contribution >= 0.6 is 0 Å². The van der Waals surface area contributed by atoms with E-state index in [4.69, 9.17) is 4.74 Å². The van der Waals surface area contributed by atoms with Gasteiger partial charge in [0.05, 0.1) is 6.61 Å². The van der Waals surface area contributed by atoms with E-state index in [-0.39, 0.29) is 0 Å². The molecule has 0 N–H and O–H groups in total. The highest BCUT2D eigenvalue weighted by Crippen LogP contribution is 2.38. The highest BCUT2D eigenvalue weighted by Gasteiger charge is 2.23. The SMILES string of the molecule is CCOc1ccc(C2CCC(C(C)C)CC2)cc1. The molecule has 0 atom stereocenters. The molecular weight excluding hydrogens is 220 g/mol. The number of hydrogen-bond acceptors (Lipinski definition) is 1. The van der Waals surface area contributed by atoms with Crippen molar-refractivity contribution in [3.8, 4) is 5.75 Å². The third-order valence-corrected chi connectivity index (χ3v) is 4.38. The Hall–Kier alpha value is -0.980. The molecule has 0 heterocycles. The Balaban J connectivity index is 1.93. The van der Waals surface area contributed by atoms with Crippen molar-refractivity contribution in [2.24, 2.45) is 11.8 Å². The van der Waals surface area contributed by atoms with Gasteiger partial charge < -0.3 is 4.74 Å². The minimum absolute atomic E-state index is 0.749. The first-order chi connectivity index (χ1) is 8.70. The smallest absolute Gasteiger partial charge is 0.119 e. The fourth-order valence-corrected chi connectivity index (χ4v) is 3.12. The summed E-state index contributed by atoms with van der Waals surface area (Å²) in [4.78, 5) is 0. The molecule has 2 rings (SSSR count). The summed E-state index contributed by atoms with van der Waals surface area (Å²) >= 11 is 0. The van der Waals surface area contributed by atoms with E-state index in [1.165, 1.54) is 31.2 Å². The molecule has 1 fully saturated rings. The molecule has 18 heavy (non-hydrogen) atoms. The summed E-state index contributed by atoms with van der Waals surface area (Å²) in [7, 11) is 0. The van der Waals surface area contributed by atoms with Crippen molar-refractivity contribution >= 4 is 0 Å². The van der Waals surface area contributed by atoms with E-state index in [2.05, 4.69) is 38.1 Å². The molecular formula is C17H26O. The molecule has 0 bridgehead atoms. The zero-order valence-corrected chi connectivity index (χ0v) is 12.0. The maximum absolute atomic E-state index is 5.50. The molecule has 1 nitrogen and oxygen atoms in total. The molecule has 1 saturated carbocycles. The second-order valence-electron chi connectivity index (χ2n) is 5.86. The second kappa shape index (κ2) is 6.26. The predicted octanol–water partition coefficient (Wildman–Crippen LogP) is 5.02. The first kappa shape index (κ1) is 13.5. The zero-order valence-electron chi connectivity index (χ0n) is 12.0. The summed E-state index contributed by atoms with van der Waals surface area (Å²) in [6.45, 7) is 7.50. The van der Waals surface area contributed by atoms with Gasteiger partial charge in [0, 0.05) is 0 Å². The van der Waals surface area contributed by atoms with Crippen LogP contribution in [-0.4, -0.2) is 6.61 Å². The van der Waals surface area contributed by atoms with E-state index in [0.29, 0.717) is 0 Å². The van der Waals surface area contributed by atoms with Crippen LogP contribution in [-0.2, 0) is 0 Å². The van der Waals surface area contributed by atoms with Gasteiger partial charge >= 0.3 is 0 Å². The zero-order chi connectivity index (χ0) is 13.0. The van der Waals surface area contributed by atoms with Crippen molar-refractivity contribution in [3.63, 3.8) is 0 Å². The molecule has 1 aliphatic rings. The largest absolute Gasteiger partial charge is 0.494 e. The highest BCUT2D eigenvalue weighted by molar-refractivity contribution is 5.29. The summed E-state index contributed by atoms with van der Waals surface area (Å²) in [6.07, 6.45) is 5.51. The molecule has 0 unspecified atom stereocenters. The lowest BCUT2D eigenvalue weighted by atomic mass is 9.75. The fourth-order valence-electron chi connectivity index (χ4n) is 3.12. The molecule has 0 radical (unpaired) electrons. The summed E-state index contributed by atoms with van der Waals surface area (Å²) < 4.78 is 5.50. The minimum atomic E-state index is 0.749. The quantitative estimate of drug-likeness (QED) is 0.725. The summed E-state index contributed by atoms with van der Waals surface area (Å²) in [5.74, 6) is 3.57.